The third-order valence-corrected chi connectivity index (χ3v) is 4.13. The van der Waals surface area contributed by atoms with Gasteiger partial charge in [0.2, 0.25) is 0 Å². The quantitative estimate of drug-likeness (QED) is 0.650. The molecule has 0 spiro atoms. The van der Waals surface area contributed by atoms with E-state index in [0.717, 1.165) is 32.4 Å². The molecule has 0 radical (unpaired) electrons. The van der Waals surface area contributed by atoms with Crippen LogP contribution in [-0.4, -0.2) is 28.9 Å². The molecule has 0 aliphatic carbocycles. The Hall–Kier alpha value is -1.33. The number of aromatic nitrogens is 1. The minimum atomic E-state index is -0.121. The van der Waals surface area contributed by atoms with Crippen LogP contribution in [0.15, 0.2) is 12.1 Å². The maximum absolute atomic E-state index is 12.6. The van der Waals surface area contributed by atoms with Gasteiger partial charge in [0.25, 0.3) is 5.91 Å². The van der Waals surface area contributed by atoms with Gasteiger partial charge in [-0.2, -0.15) is 0 Å². The van der Waals surface area contributed by atoms with Gasteiger partial charge in [-0.3, -0.25) is 4.79 Å². The first-order valence-electron chi connectivity index (χ1n) is 6.85. The highest BCUT2D eigenvalue weighted by atomic mass is 35.5. The lowest BCUT2D eigenvalue weighted by molar-refractivity contribution is 0.0752. The van der Waals surface area contributed by atoms with Gasteiger partial charge in [0.05, 0.1) is 5.02 Å². The molecule has 0 saturated carbocycles. The van der Waals surface area contributed by atoms with Crippen LogP contribution in [0.2, 0.25) is 5.02 Å². The second kappa shape index (κ2) is 5.97. The molecule has 2 heterocycles. The molecule has 5 nitrogen and oxygen atoms in total. The fourth-order valence-corrected chi connectivity index (χ4v) is 2.63. The second-order valence-corrected chi connectivity index (χ2v) is 6.39. The number of pyridine rings is 1. The summed E-state index contributed by atoms with van der Waals surface area (Å²) in [4.78, 5) is 18.6. The first-order valence-corrected chi connectivity index (χ1v) is 7.23. The predicted molar refractivity (Wildman–Crippen MR) is 80.6 cm³/mol. The molecule has 6 heteroatoms. The van der Waals surface area contributed by atoms with Crippen LogP contribution in [-0.2, 0) is 0 Å². The van der Waals surface area contributed by atoms with Crippen LogP contribution in [0, 0.1) is 5.41 Å². The van der Waals surface area contributed by atoms with E-state index in [1.54, 1.807) is 12.1 Å². The van der Waals surface area contributed by atoms with Crippen molar-refractivity contribution in [3.8, 4) is 0 Å². The van der Waals surface area contributed by atoms with Gasteiger partial charge in [0.15, 0.2) is 0 Å². The van der Waals surface area contributed by atoms with E-state index in [9.17, 15) is 4.79 Å². The third-order valence-electron chi connectivity index (χ3n) is 3.82. The summed E-state index contributed by atoms with van der Waals surface area (Å²) in [5.74, 6) is 5.64. The van der Waals surface area contributed by atoms with Gasteiger partial charge in [-0.15, -0.1) is 0 Å². The highest BCUT2D eigenvalue weighted by Crippen LogP contribution is 2.30. The molecule has 0 atom stereocenters. The number of halogens is 1. The number of hydrazine groups is 1. The van der Waals surface area contributed by atoms with Crippen LogP contribution in [0.4, 0.5) is 5.82 Å². The Bertz CT molecular complexity index is 504. The van der Waals surface area contributed by atoms with E-state index >= 15 is 0 Å². The molecule has 1 amide bonds. The van der Waals surface area contributed by atoms with Gasteiger partial charge in [-0.05, 0) is 36.8 Å². The third kappa shape index (κ3) is 3.41. The monoisotopic (exact) mass is 296 g/mol. The summed E-state index contributed by atoms with van der Waals surface area (Å²) in [6.07, 6.45) is 3.12. The van der Waals surface area contributed by atoms with Crippen molar-refractivity contribution >= 4 is 23.3 Å². The van der Waals surface area contributed by atoms with Crippen molar-refractivity contribution in [1.82, 2.24) is 9.88 Å². The lowest BCUT2D eigenvalue weighted by Gasteiger charge is -2.23. The average molecular weight is 297 g/mol. The van der Waals surface area contributed by atoms with E-state index < -0.39 is 0 Å². The number of carbonyl (C=O) groups excluding carboxylic acids is 1. The van der Waals surface area contributed by atoms with E-state index in [4.69, 9.17) is 17.4 Å². The molecule has 2 rings (SSSR count). The van der Waals surface area contributed by atoms with Crippen molar-refractivity contribution in [3.05, 3.63) is 22.8 Å². The van der Waals surface area contributed by atoms with E-state index in [1.165, 1.54) is 0 Å². The largest absolute Gasteiger partial charge is 0.337 e. The smallest absolute Gasteiger partial charge is 0.274 e. The zero-order valence-electron chi connectivity index (χ0n) is 11.9. The first-order chi connectivity index (χ1) is 9.43. The van der Waals surface area contributed by atoms with Gasteiger partial charge in [0.1, 0.15) is 11.5 Å². The highest BCUT2D eigenvalue weighted by molar-refractivity contribution is 6.33. The van der Waals surface area contributed by atoms with Crippen molar-refractivity contribution in [3.63, 3.8) is 0 Å². The summed E-state index contributed by atoms with van der Waals surface area (Å²) in [5, 5.41) is 0.359. The van der Waals surface area contributed by atoms with Crippen LogP contribution in [0.25, 0.3) is 0 Å². The summed E-state index contributed by atoms with van der Waals surface area (Å²) in [7, 11) is 0. The number of carbonyl (C=O) groups is 1. The van der Waals surface area contributed by atoms with Gasteiger partial charge in [0, 0.05) is 13.1 Å². The minimum Gasteiger partial charge on any atom is -0.337 e. The maximum Gasteiger partial charge on any atom is 0.274 e. The van der Waals surface area contributed by atoms with Crippen LogP contribution < -0.4 is 11.3 Å². The Balaban J connectivity index is 2.18. The lowest BCUT2D eigenvalue weighted by atomic mass is 9.85. The Morgan fingerprint density at radius 1 is 1.40 bits per heavy atom. The first kappa shape index (κ1) is 15.1. The molecule has 0 unspecified atom stereocenters. The summed E-state index contributed by atoms with van der Waals surface area (Å²) in [5.41, 5.74) is 2.99. The number of likely N-dealkylation sites (tertiary alicyclic amines) is 1. The molecule has 1 aliphatic rings. The van der Waals surface area contributed by atoms with E-state index in [2.05, 4.69) is 24.3 Å². The number of amides is 1. The number of anilines is 1. The number of nitrogens with zero attached hydrogens (tertiary/aromatic N) is 2. The SMILES string of the molecule is CC1(C)CCCN(C(=O)c2nc(NN)ccc2Cl)CC1. The number of hydrogen-bond acceptors (Lipinski definition) is 4. The van der Waals surface area contributed by atoms with E-state index in [-0.39, 0.29) is 17.0 Å². The fourth-order valence-electron chi connectivity index (χ4n) is 2.45. The van der Waals surface area contributed by atoms with Crippen LogP contribution in [0.5, 0.6) is 0 Å². The van der Waals surface area contributed by atoms with Crippen molar-refractivity contribution in [1.29, 1.82) is 0 Å². The van der Waals surface area contributed by atoms with Crippen molar-refractivity contribution in [2.24, 2.45) is 11.3 Å². The fraction of sp³-hybridized carbons (Fsp3) is 0.571. The molecule has 0 bridgehead atoms. The zero-order chi connectivity index (χ0) is 14.8. The summed E-state index contributed by atoms with van der Waals surface area (Å²) < 4.78 is 0. The standard InChI is InChI=1S/C14H21ClN4O/c1-14(2)6-3-8-19(9-7-14)13(20)12-10(15)4-5-11(17-12)18-16/h4-5H,3,6-9,16H2,1-2H3,(H,17,18). The second-order valence-electron chi connectivity index (χ2n) is 5.98. The molecule has 1 fully saturated rings. The Morgan fingerprint density at radius 3 is 2.85 bits per heavy atom. The zero-order valence-corrected chi connectivity index (χ0v) is 12.7. The topological polar surface area (TPSA) is 71.2 Å². The van der Waals surface area contributed by atoms with Crippen molar-refractivity contribution in [2.75, 3.05) is 18.5 Å². The molecular weight excluding hydrogens is 276 g/mol. The normalized spacial score (nSPS) is 18.5. The van der Waals surface area contributed by atoms with Crippen LogP contribution >= 0.6 is 11.6 Å². The minimum absolute atomic E-state index is 0.121. The van der Waals surface area contributed by atoms with Gasteiger partial charge >= 0.3 is 0 Å². The number of hydrogen-bond donors (Lipinski definition) is 2. The predicted octanol–water partition coefficient (Wildman–Crippen LogP) is 2.67. The summed E-state index contributed by atoms with van der Waals surface area (Å²) in [6, 6.07) is 3.28. The van der Waals surface area contributed by atoms with Crippen LogP contribution in [0.1, 0.15) is 43.6 Å². The Morgan fingerprint density at radius 2 is 2.15 bits per heavy atom. The number of nitrogens with two attached hydrogens (primary N) is 1. The van der Waals surface area contributed by atoms with Crippen LogP contribution in [0.3, 0.4) is 0 Å². The molecule has 1 saturated heterocycles. The Labute approximate surface area is 124 Å². The average Bonchev–Trinajstić information content (AvgIpc) is 2.59. The van der Waals surface area contributed by atoms with Gasteiger partial charge in [-0.1, -0.05) is 25.4 Å². The lowest BCUT2D eigenvalue weighted by Crippen LogP contribution is -2.33. The molecule has 110 valence electrons. The van der Waals surface area contributed by atoms with Crippen molar-refractivity contribution in [2.45, 2.75) is 33.1 Å². The number of nitrogens with one attached hydrogen (secondary N) is 1. The molecule has 0 aromatic carbocycles. The molecule has 20 heavy (non-hydrogen) atoms. The van der Waals surface area contributed by atoms with Crippen molar-refractivity contribution < 1.29 is 4.79 Å². The maximum atomic E-state index is 12.6. The molecule has 1 aliphatic heterocycles. The van der Waals surface area contributed by atoms with Gasteiger partial charge in [-0.25, -0.2) is 10.8 Å². The molecule has 1 aromatic rings. The molecule has 1 aromatic heterocycles. The molecule has 3 N–H and O–H groups in total. The number of nitrogen functional groups attached to an aromatic ring is 1. The Kier molecular flexibility index (Phi) is 4.50. The van der Waals surface area contributed by atoms with E-state index in [1.807, 2.05) is 4.90 Å². The van der Waals surface area contributed by atoms with E-state index in [0.29, 0.717) is 10.8 Å². The molecular formula is C14H21ClN4O. The van der Waals surface area contributed by atoms with Gasteiger partial charge < -0.3 is 10.3 Å². The highest BCUT2D eigenvalue weighted by Gasteiger charge is 2.27. The summed E-state index contributed by atoms with van der Waals surface area (Å²) >= 11 is 6.09. The number of rotatable bonds is 2. The summed E-state index contributed by atoms with van der Waals surface area (Å²) in [6.45, 7) is 5.97.